The van der Waals surface area contributed by atoms with Crippen molar-refractivity contribution in [3.8, 4) is 0 Å². The maximum absolute atomic E-state index is 11.4. The maximum Gasteiger partial charge on any atom is 0.235 e. The van der Waals surface area contributed by atoms with Gasteiger partial charge in [0.2, 0.25) is 5.91 Å². The highest BCUT2D eigenvalue weighted by Gasteiger charge is 2.37. The van der Waals surface area contributed by atoms with Crippen LogP contribution in [-0.4, -0.2) is 42.5 Å². The van der Waals surface area contributed by atoms with Crippen molar-refractivity contribution in [2.75, 3.05) is 19.6 Å². The van der Waals surface area contributed by atoms with Crippen LogP contribution in [0.1, 0.15) is 33.1 Å². The van der Waals surface area contributed by atoms with Crippen LogP contribution in [-0.2, 0) is 4.79 Å². The summed E-state index contributed by atoms with van der Waals surface area (Å²) in [5.41, 5.74) is 5.45. The van der Waals surface area contributed by atoms with Crippen LogP contribution in [0.5, 0.6) is 0 Å². The van der Waals surface area contributed by atoms with Gasteiger partial charge in [-0.25, -0.2) is 0 Å². The first-order valence-corrected chi connectivity index (χ1v) is 6.84. The molecule has 1 amide bonds. The van der Waals surface area contributed by atoms with Gasteiger partial charge in [-0.2, -0.15) is 0 Å². The molecule has 2 fully saturated rings. The highest BCUT2D eigenvalue weighted by Crippen LogP contribution is 2.37. The summed E-state index contributed by atoms with van der Waals surface area (Å²) in [5, 5.41) is 3.26. The molecule has 3 atom stereocenters. The maximum atomic E-state index is 11.4. The molecule has 0 bridgehead atoms. The van der Waals surface area contributed by atoms with Crippen molar-refractivity contribution in [1.82, 2.24) is 10.2 Å². The Morgan fingerprint density at radius 1 is 1.35 bits per heavy atom. The van der Waals surface area contributed by atoms with Crippen molar-refractivity contribution < 1.29 is 4.79 Å². The second-order valence-corrected chi connectivity index (χ2v) is 5.95. The third-order valence-corrected chi connectivity index (χ3v) is 4.12. The van der Waals surface area contributed by atoms with Crippen molar-refractivity contribution in [3.05, 3.63) is 0 Å². The largest absolute Gasteiger partial charge is 0.368 e. The van der Waals surface area contributed by atoms with Crippen LogP contribution in [0.15, 0.2) is 0 Å². The molecule has 4 nitrogen and oxygen atoms in total. The van der Waals surface area contributed by atoms with Gasteiger partial charge in [0.25, 0.3) is 0 Å². The molecule has 4 heteroatoms. The minimum Gasteiger partial charge on any atom is -0.368 e. The zero-order valence-electron chi connectivity index (χ0n) is 11.0. The second kappa shape index (κ2) is 5.36. The molecule has 1 saturated carbocycles. The van der Waals surface area contributed by atoms with Crippen molar-refractivity contribution in [1.29, 1.82) is 0 Å². The fourth-order valence-corrected chi connectivity index (χ4v) is 3.37. The van der Waals surface area contributed by atoms with Gasteiger partial charge in [-0.05, 0) is 24.7 Å². The SMILES string of the molecule is CC(C)NC(CN1CC2CCCC2C1)C(N)=O. The number of likely N-dealkylation sites (tertiary alicyclic amines) is 1. The van der Waals surface area contributed by atoms with E-state index in [9.17, 15) is 4.79 Å². The lowest BCUT2D eigenvalue weighted by atomic mass is 10.0. The molecule has 2 rings (SSSR count). The predicted octanol–water partition coefficient (Wildman–Crippen LogP) is 0.570. The van der Waals surface area contributed by atoms with Gasteiger partial charge in [0.15, 0.2) is 0 Å². The molecule has 1 aliphatic carbocycles. The molecule has 0 aromatic carbocycles. The van der Waals surface area contributed by atoms with E-state index in [0.717, 1.165) is 31.5 Å². The average molecular weight is 239 g/mol. The summed E-state index contributed by atoms with van der Waals surface area (Å²) >= 11 is 0. The van der Waals surface area contributed by atoms with Crippen molar-refractivity contribution in [2.45, 2.75) is 45.2 Å². The van der Waals surface area contributed by atoms with E-state index in [2.05, 4.69) is 24.1 Å². The van der Waals surface area contributed by atoms with Gasteiger partial charge in [-0.1, -0.05) is 20.3 Å². The summed E-state index contributed by atoms with van der Waals surface area (Å²) in [6.45, 7) is 7.20. The molecule has 1 saturated heterocycles. The van der Waals surface area contributed by atoms with Gasteiger partial charge in [0.05, 0.1) is 6.04 Å². The van der Waals surface area contributed by atoms with E-state index in [1.54, 1.807) is 0 Å². The molecule has 2 aliphatic rings. The summed E-state index contributed by atoms with van der Waals surface area (Å²) in [4.78, 5) is 13.8. The molecule has 98 valence electrons. The van der Waals surface area contributed by atoms with Gasteiger partial charge in [-0.3, -0.25) is 4.79 Å². The number of rotatable bonds is 5. The fraction of sp³-hybridized carbons (Fsp3) is 0.923. The number of hydrogen-bond acceptors (Lipinski definition) is 3. The molecule has 17 heavy (non-hydrogen) atoms. The first-order valence-electron chi connectivity index (χ1n) is 6.84. The quantitative estimate of drug-likeness (QED) is 0.737. The van der Waals surface area contributed by atoms with Crippen LogP contribution < -0.4 is 11.1 Å². The Bertz CT molecular complexity index is 268. The molecule has 1 aliphatic heterocycles. The number of nitrogens with two attached hydrogens (primary N) is 1. The van der Waals surface area contributed by atoms with Crippen LogP contribution >= 0.6 is 0 Å². The summed E-state index contributed by atoms with van der Waals surface area (Å²) in [6.07, 6.45) is 4.15. The zero-order valence-corrected chi connectivity index (χ0v) is 11.0. The van der Waals surface area contributed by atoms with Crippen LogP contribution in [0.3, 0.4) is 0 Å². The van der Waals surface area contributed by atoms with Gasteiger partial charge >= 0.3 is 0 Å². The first-order chi connectivity index (χ1) is 8.06. The monoisotopic (exact) mass is 239 g/mol. The van der Waals surface area contributed by atoms with E-state index >= 15 is 0 Å². The van der Waals surface area contributed by atoms with Crippen molar-refractivity contribution in [2.24, 2.45) is 17.6 Å². The van der Waals surface area contributed by atoms with Crippen LogP contribution in [0.25, 0.3) is 0 Å². The molecule has 0 aromatic heterocycles. The van der Waals surface area contributed by atoms with Gasteiger partial charge < -0.3 is 16.0 Å². The molecule has 1 heterocycles. The summed E-state index contributed by atoms with van der Waals surface area (Å²) in [5.74, 6) is 1.53. The first kappa shape index (κ1) is 12.8. The molecule has 0 spiro atoms. The molecule has 3 N–H and O–H groups in total. The normalized spacial score (nSPS) is 30.8. The lowest BCUT2D eigenvalue weighted by molar-refractivity contribution is -0.120. The number of fused-ring (bicyclic) bond motifs is 1. The van der Waals surface area contributed by atoms with Crippen LogP contribution in [0, 0.1) is 11.8 Å². The van der Waals surface area contributed by atoms with Crippen LogP contribution in [0.2, 0.25) is 0 Å². The molecule has 3 unspecified atom stereocenters. The zero-order chi connectivity index (χ0) is 12.4. The molecular formula is C13H25N3O. The summed E-state index contributed by atoms with van der Waals surface area (Å²) in [7, 11) is 0. The van der Waals surface area contributed by atoms with Gasteiger partial charge in [0.1, 0.15) is 0 Å². The van der Waals surface area contributed by atoms with Gasteiger partial charge in [0, 0.05) is 25.7 Å². The predicted molar refractivity (Wildman–Crippen MR) is 68.5 cm³/mol. The average Bonchev–Trinajstić information content (AvgIpc) is 2.75. The lowest BCUT2D eigenvalue weighted by Gasteiger charge is -2.24. The topological polar surface area (TPSA) is 58.4 Å². The molecule has 0 aromatic rings. The third-order valence-electron chi connectivity index (χ3n) is 4.12. The minimum absolute atomic E-state index is 0.200. The Balaban J connectivity index is 1.84. The Hall–Kier alpha value is -0.610. The Labute approximate surface area is 104 Å². The number of carbonyl (C=O) groups excluding carboxylic acids is 1. The molecular weight excluding hydrogens is 214 g/mol. The van der Waals surface area contributed by atoms with E-state index in [1.165, 1.54) is 19.3 Å². The smallest absolute Gasteiger partial charge is 0.235 e. The van der Waals surface area contributed by atoms with E-state index < -0.39 is 0 Å². The van der Waals surface area contributed by atoms with Crippen molar-refractivity contribution in [3.63, 3.8) is 0 Å². The second-order valence-electron chi connectivity index (χ2n) is 5.95. The fourth-order valence-electron chi connectivity index (χ4n) is 3.37. The number of nitrogens with zero attached hydrogens (tertiary/aromatic N) is 1. The number of amides is 1. The summed E-state index contributed by atoms with van der Waals surface area (Å²) in [6, 6.07) is 0.100. The number of primary amides is 1. The number of hydrogen-bond donors (Lipinski definition) is 2. The Morgan fingerprint density at radius 2 is 1.94 bits per heavy atom. The Morgan fingerprint density at radius 3 is 2.41 bits per heavy atom. The van der Waals surface area contributed by atoms with Crippen LogP contribution in [0.4, 0.5) is 0 Å². The van der Waals surface area contributed by atoms with E-state index in [4.69, 9.17) is 5.73 Å². The standard InChI is InChI=1S/C13H25N3O/c1-9(2)15-12(13(14)17)8-16-6-10-4-3-5-11(10)7-16/h9-12,15H,3-8H2,1-2H3,(H2,14,17). The number of nitrogens with one attached hydrogen (secondary N) is 1. The van der Waals surface area contributed by atoms with E-state index in [1.807, 2.05) is 0 Å². The Kier molecular flexibility index (Phi) is 4.05. The van der Waals surface area contributed by atoms with Gasteiger partial charge in [-0.15, -0.1) is 0 Å². The highest BCUT2D eigenvalue weighted by atomic mass is 16.1. The summed E-state index contributed by atoms with van der Waals surface area (Å²) < 4.78 is 0. The lowest BCUT2D eigenvalue weighted by Crippen LogP contribution is -2.51. The van der Waals surface area contributed by atoms with Crippen molar-refractivity contribution >= 4 is 5.91 Å². The molecule has 0 radical (unpaired) electrons. The minimum atomic E-state index is -0.226. The van der Waals surface area contributed by atoms with E-state index in [0.29, 0.717) is 6.04 Å². The number of carbonyl (C=O) groups is 1. The third kappa shape index (κ3) is 3.19. The van der Waals surface area contributed by atoms with E-state index in [-0.39, 0.29) is 11.9 Å². The highest BCUT2D eigenvalue weighted by molar-refractivity contribution is 5.80.